The molecule has 114 valence electrons. The van der Waals surface area contributed by atoms with Crippen LogP contribution in [0.2, 0.25) is 0 Å². The lowest BCUT2D eigenvalue weighted by molar-refractivity contribution is -0.142. The summed E-state index contributed by atoms with van der Waals surface area (Å²) in [4.78, 5) is 23.2. The topological polar surface area (TPSA) is 75.6 Å². The number of hydrogen-bond donors (Lipinski definition) is 2. The second-order valence-electron chi connectivity index (χ2n) is 5.19. The maximum atomic E-state index is 13.2. The second-order valence-corrected chi connectivity index (χ2v) is 5.19. The van der Waals surface area contributed by atoms with Crippen LogP contribution >= 0.6 is 0 Å². The molecule has 1 heterocycles. The lowest BCUT2D eigenvalue weighted by Crippen LogP contribution is -2.35. The molecule has 0 aromatic heterocycles. The molecular formula is C15H18FNO4. The molecule has 21 heavy (non-hydrogen) atoms. The molecule has 1 aromatic rings. The fraction of sp³-hybridized carbons (Fsp3) is 0.467. The van der Waals surface area contributed by atoms with Crippen LogP contribution in [0.25, 0.3) is 0 Å². The third-order valence-electron chi connectivity index (χ3n) is 3.50. The van der Waals surface area contributed by atoms with Gasteiger partial charge in [0.15, 0.2) is 6.04 Å². The van der Waals surface area contributed by atoms with Gasteiger partial charge < -0.3 is 15.2 Å². The summed E-state index contributed by atoms with van der Waals surface area (Å²) in [5.74, 6) is -1.97. The van der Waals surface area contributed by atoms with E-state index >= 15 is 0 Å². The van der Waals surface area contributed by atoms with E-state index < -0.39 is 17.8 Å². The molecule has 5 nitrogen and oxygen atoms in total. The number of carbonyl (C=O) groups excluding carboxylic acids is 1. The van der Waals surface area contributed by atoms with Crippen molar-refractivity contribution < 1.29 is 23.8 Å². The van der Waals surface area contributed by atoms with Gasteiger partial charge in [-0.15, -0.1) is 0 Å². The number of benzene rings is 1. The van der Waals surface area contributed by atoms with E-state index in [9.17, 15) is 19.1 Å². The zero-order valence-corrected chi connectivity index (χ0v) is 11.8. The van der Waals surface area contributed by atoms with Gasteiger partial charge in [-0.3, -0.25) is 4.79 Å². The molecule has 0 spiro atoms. The highest BCUT2D eigenvalue weighted by Crippen LogP contribution is 2.19. The normalized spacial score (nSPS) is 19.2. The van der Waals surface area contributed by atoms with Crippen molar-refractivity contribution in [2.75, 3.05) is 6.61 Å². The molecule has 2 unspecified atom stereocenters. The van der Waals surface area contributed by atoms with Crippen LogP contribution in [0.4, 0.5) is 4.39 Å². The highest BCUT2D eigenvalue weighted by molar-refractivity contribution is 5.84. The maximum absolute atomic E-state index is 13.2. The number of rotatable bonds is 5. The minimum absolute atomic E-state index is 0.143. The number of amides is 1. The molecule has 1 saturated heterocycles. The SMILES string of the molecule is Cc1cc(C(NC(=O)CC2CCCO2)C(=O)O)ccc1F. The molecule has 6 heteroatoms. The molecule has 1 fully saturated rings. The smallest absolute Gasteiger partial charge is 0.330 e. The van der Waals surface area contributed by atoms with Crippen molar-refractivity contribution in [2.45, 2.75) is 38.3 Å². The number of aliphatic carboxylic acids is 1. The van der Waals surface area contributed by atoms with E-state index in [1.54, 1.807) is 6.92 Å². The molecule has 0 saturated carbocycles. The van der Waals surface area contributed by atoms with E-state index in [0.29, 0.717) is 17.7 Å². The zero-order chi connectivity index (χ0) is 15.4. The highest BCUT2D eigenvalue weighted by Gasteiger charge is 2.25. The molecule has 0 aliphatic carbocycles. The summed E-state index contributed by atoms with van der Waals surface area (Å²) in [6.45, 7) is 2.18. The van der Waals surface area contributed by atoms with Crippen LogP contribution in [0.15, 0.2) is 18.2 Å². The zero-order valence-electron chi connectivity index (χ0n) is 11.8. The van der Waals surface area contributed by atoms with Gasteiger partial charge in [0.1, 0.15) is 5.82 Å². The van der Waals surface area contributed by atoms with Crippen molar-refractivity contribution in [3.8, 4) is 0 Å². The molecule has 0 radical (unpaired) electrons. The van der Waals surface area contributed by atoms with Gasteiger partial charge in [-0.05, 0) is 37.0 Å². The Labute approximate surface area is 122 Å². The number of carboxylic acid groups (broad SMARTS) is 1. The molecule has 1 aromatic carbocycles. The third kappa shape index (κ3) is 4.01. The van der Waals surface area contributed by atoms with E-state index in [1.807, 2.05) is 0 Å². The molecule has 2 rings (SSSR count). The van der Waals surface area contributed by atoms with Gasteiger partial charge in [0.2, 0.25) is 5.91 Å². The number of carboxylic acids is 1. The largest absolute Gasteiger partial charge is 0.479 e. The minimum atomic E-state index is -1.18. The molecular weight excluding hydrogens is 277 g/mol. The predicted octanol–water partition coefficient (Wildman–Crippen LogP) is 1.95. The lowest BCUT2D eigenvalue weighted by Gasteiger charge is -2.17. The quantitative estimate of drug-likeness (QED) is 0.870. The van der Waals surface area contributed by atoms with Crippen LogP contribution in [-0.2, 0) is 14.3 Å². The molecule has 2 atom stereocenters. The Bertz CT molecular complexity index is 540. The van der Waals surface area contributed by atoms with Gasteiger partial charge in [0.05, 0.1) is 12.5 Å². The summed E-state index contributed by atoms with van der Waals surface area (Å²) in [6.07, 6.45) is 1.72. The number of carbonyl (C=O) groups is 2. The Balaban J connectivity index is 2.06. The van der Waals surface area contributed by atoms with Crippen molar-refractivity contribution in [1.82, 2.24) is 5.32 Å². The fourth-order valence-corrected chi connectivity index (χ4v) is 2.37. The van der Waals surface area contributed by atoms with E-state index in [1.165, 1.54) is 18.2 Å². The first-order valence-electron chi connectivity index (χ1n) is 6.87. The minimum Gasteiger partial charge on any atom is -0.479 e. The summed E-state index contributed by atoms with van der Waals surface area (Å²) < 4.78 is 18.6. The summed E-state index contributed by atoms with van der Waals surface area (Å²) in [5.41, 5.74) is 0.689. The monoisotopic (exact) mass is 295 g/mol. The molecule has 1 aliphatic heterocycles. The first-order valence-corrected chi connectivity index (χ1v) is 6.87. The van der Waals surface area contributed by atoms with Crippen LogP contribution in [-0.4, -0.2) is 29.7 Å². The third-order valence-corrected chi connectivity index (χ3v) is 3.50. The summed E-state index contributed by atoms with van der Waals surface area (Å²) >= 11 is 0. The van der Waals surface area contributed by atoms with Crippen LogP contribution in [0.1, 0.15) is 36.4 Å². The number of halogens is 1. The van der Waals surface area contributed by atoms with Gasteiger partial charge in [0.25, 0.3) is 0 Å². The van der Waals surface area contributed by atoms with E-state index in [4.69, 9.17) is 4.74 Å². The average molecular weight is 295 g/mol. The Morgan fingerprint density at radius 3 is 2.86 bits per heavy atom. The molecule has 2 N–H and O–H groups in total. The highest BCUT2D eigenvalue weighted by atomic mass is 19.1. The number of aryl methyl sites for hydroxylation is 1. The van der Waals surface area contributed by atoms with Crippen molar-refractivity contribution in [1.29, 1.82) is 0 Å². The Hall–Kier alpha value is -1.95. The van der Waals surface area contributed by atoms with Crippen LogP contribution in [0.3, 0.4) is 0 Å². The summed E-state index contributed by atoms with van der Waals surface area (Å²) in [6, 6.07) is 2.82. The number of ether oxygens (including phenoxy) is 1. The maximum Gasteiger partial charge on any atom is 0.330 e. The van der Waals surface area contributed by atoms with Gasteiger partial charge >= 0.3 is 5.97 Å². The van der Waals surface area contributed by atoms with Crippen LogP contribution in [0.5, 0.6) is 0 Å². The fourth-order valence-electron chi connectivity index (χ4n) is 2.37. The first-order chi connectivity index (χ1) is 9.97. The molecule has 1 amide bonds. The molecule has 1 aliphatic rings. The number of nitrogens with one attached hydrogen (secondary N) is 1. The van der Waals surface area contributed by atoms with Gasteiger partial charge in [-0.1, -0.05) is 12.1 Å². The van der Waals surface area contributed by atoms with Gasteiger partial charge in [-0.2, -0.15) is 0 Å². The lowest BCUT2D eigenvalue weighted by atomic mass is 10.0. The number of hydrogen-bond acceptors (Lipinski definition) is 3. The Morgan fingerprint density at radius 2 is 2.29 bits per heavy atom. The second kappa shape index (κ2) is 6.67. The first kappa shape index (κ1) is 15.4. The van der Waals surface area contributed by atoms with Crippen molar-refractivity contribution in [3.05, 3.63) is 35.1 Å². The van der Waals surface area contributed by atoms with Crippen LogP contribution in [0, 0.1) is 12.7 Å². The summed E-state index contributed by atoms with van der Waals surface area (Å²) in [5, 5.41) is 11.7. The Kier molecular flexibility index (Phi) is 4.90. The van der Waals surface area contributed by atoms with Crippen molar-refractivity contribution in [2.24, 2.45) is 0 Å². The van der Waals surface area contributed by atoms with Crippen LogP contribution < -0.4 is 5.32 Å². The van der Waals surface area contributed by atoms with E-state index in [2.05, 4.69) is 5.32 Å². The standard InChI is InChI=1S/C15H18FNO4/c1-9-7-10(4-5-12(9)16)14(15(19)20)17-13(18)8-11-3-2-6-21-11/h4-5,7,11,14H,2-3,6,8H2,1H3,(H,17,18)(H,19,20). The summed E-state index contributed by atoms with van der Waals surface area (Å²) in [7, 11) is 0. The van der Waals surface area contributed by atoms with Gasteiger partial charge in [0, 0.05) is 6.61 Å². The Morgan fingerprint density at radius 1 is 1.52 bits per heavy atom. The van der Waals surface area contributed by atoms with E-state index in [0.717, 1.165) is 12.8 Å². The van der Waals surface area contributed by atoms with Crippen molar-refractivity contribution >= 4 is 11.9 Å². The predicted molar refractivity (Wildman–Crippen MR) is 73.2 cm³/mol. The average Bonchev–Trinajstić information content (AvgIpc) is 2.92. The van der Waals surface area contributed by atoms with E-state index in [-0.39, 0.29) is 18.4 Å². The van der Waals surface area contributed by atoms with Crippen molar-refractivity contribution in [3.63, 3.8) is 0 Å². The molecule has 0 bridgehead atoms. The van der Waals surface area contributed by atoms with Gasteiger partial charge in [-0.25, -0.2) is 9.18 Å².